The molecule has 24 heavy (non-hydrogen) atoms. The smallest absolute Gasteiger partial charge is 0.234 e. The minimum Gasteiger partial charge on any atom is -0.367 e. The van der Waals surface area contributed by atoms with Crippen LogP contribution in [0.5, 0.6) is 0 Å². The van der Waals surface area contributed by atoms with E-state index in [-0.39, 0.29) is 5.75 Å². The number of rotatable bonds is 5. The van der Waals surface area contributed by atoms with E-state index < -0.39 is 10.0 Å². The predicted molar refractivity (Wildman–Crippen MR) is 100 cm³/mol. The standard InChI is InChI=1S/C19H24N2O2S/c1-3-13-24(22,23)20(2)18-9-6-10-19(14-18)21-12-11-16-7-4-5-8-17(16)15-21/h4-10,14H,3,11-13,15H2,1-2H3. The number of sulfonamides is 1. The lowest BCUT2D eigenvalue weighted by atomic mass is 9.99. The normalized spacial score (nSPS) is 14.3. The van der Waals surface area contributed by atoms with Crippen LogP contribution in [0.3, 0.4) is 0 Å². The van der Waals surface area contributed by atoms with Gasteiger partial charge in [-0.1, -0.05) is 37.3 Å². The van der Waals surface area contributed by atoms with Crippen molar-refractivity contribution >= 4 is 21.4 Å². The molecule has 1 aliphatic rings. The highest BCUT2D eigenvalue weighted by Crippen LogP contribution is 2.28. The summed E-state index contributed by atoms with van der Waals surface area (Å²) in [5, 5.41) is 0. The van der Waals surface area contributed by atoms with Gasteiger partial charge >= 0.3 is 0 Å². The van der Waals surface area contributed by atoms with Crippen molar-refractivity contribution in [2.24, 2.45) is 0 Å². The van der Waals surface area contributed by atoms with Crippen LogP contribution >= 0.6 is 0 Å². The molecule has 5 heteroatoms. The van der Waals surface area contributed by atoms with Crippen LogP contribution < -0.4 is 9.21 Å². The molecular formula is C19H24N2O2S. The van der Waals surface area contributed by atoms with Crippen molar-refractivity contribution in [3.05, 3.63) is 59.7 Å². The average molecular weight is 344 g/mol. The summed E-state index contributed by atoms with van der Waals surface area (Å²) in [7, 11) is -1.61. The van der Waals surface area contributed by atoms with Gasteiger partial charge in [0.2, 0.25) is 10.0 Å². The second kappa shape index (κ2) is 6.85. The van der Waals surface area contributed by atoms with E-state index >= 15 is 0 Å². The largest absolute Gasteiger partial charge is 0.367 e. The molecule has 2 aromatic carbocycles. The van der Waals surface area contributed by atoms with Crippen molar-refractivity contribution < 1.29 is 8.42 Å². The molecule has 0 spiro atoms. The Morgan fingerprint density at radius 2 is 1.83 bits per heavy atom. The van der Waals surface area contributed by atoms with Gasteiger partial charge in [-0.15, -0.1) is 0 Å². The fourth-order valence-corrected chi connectivity index (χ4v) is 4.38. The van der Waals surface area contributed by atoms with Crippen LogP contribution in [0.1, 0.15) is 24.5 Å². The van der Waals surface area contributed by atoms with Gasteiger partial charge in [0, 0.05) is 25.8 Å². The van der Waals surface area contributed by atoms with E-state index in [1.807, 2.05) is 25.1 Å². The van der Waals surface area contributed by atoms with E-state index in [0.717, 1.165) is 30.9 Å². The van der Waals surface area contributed by atoms with Gasteiger partial charge in [-0.3, -0.25) is 4.31 Å². The van der Waals surface area contributed by atoms with Gasteiger partial charge in [0.25, 0.3) is 0 Å². The Morgan fingerprint density at radius 3 is 2.58 bits per heavy atom. The van der Waals surface area contributed by atoms with Gasteiger partial charge in [0.05, 0.1) is 11.4 Å². The lowest BCUT2D eigenvalue weighted by Gasteiger charge is -2.31. The summed E-state index contributed by atoms with van der Waals surface area (Å²) < 4.78 is 26.0. The molecule has 0 unspecified atom stereocenters. The van der Waals surface area contributed by atoms with Gasteiger partial charge < -0.3 is 4.90 Å². The van der Waals surface area contributed by atoms with Crippen molar-refractivity contribution in [3.8, 4) is 0 Å². The van der Waals surface area contributed by atoms with Crippen molar-refractivity contribution in [2.75, 3.05) is 28.6 Å². The molecule has 0 atom stereocenters. The molecule has 0 saturated heterocycles. The summed E-state index contributed by atoms with van der Waals surface area (Å²) in [6.45, 7) is 3.70. The van der Waals surface area contributed by atoms with E-state index in [4.69, 9.17) is 0 Å². The molecule has 0 bridgehead atoms. The highest BCUT2D eigenvalue weighted by atomic mass is 32.2. The van der Waals surface area contributed by atoms with Gasteiger partial charge in [-0.2, -0.15) is 0 Å². The molecular weight excluding hydrogens is 320 g/mol. The first-order valence-electron chi connectivity index (χ1n) is 8.39. The minimum absolute atomic E-state index is 0.171. The highest BCUT2D eigenvalue weighted by Gasteiger charge is 2.20. The van der Waals surface area contributed by atoms with Crippen LogP contribution in [-0.4, -0.2) is 27.8 Å². The maximum absolute atomic E-state index is 12.3. The topological polar surface area (TPSA) is 40.6 Å². The molecule has 2 aromatic rings. The number of hydrogen-bond acceptors (Lipinski definition) is 3. The van der Waals surface area contributed by atoms with Crippen LogP contribution in [0.2, 0.25) is 0 Å². The first-order valence-corrected chi connectivity index (χ1v) is 10.0. The number of anilines is 2. The number of fused-ring (bicyclic) bond motifs is 1. The number of nitrogens with zero attached hydrogens (tertiary/aromatic N) is 2. The summed E-state index contributed by atoms with van der Waals surface area (Å²) >= 11 is 0. The molecule has 0 N–H and O–H groups in total. The third kappa shape index (κ3) is 3.41. The molecule has 1 heterocycles. The fourth-order valence-electron chi connectivity index (χ4n) is 3.16. The molecule has 128 valence electrons. The highest BCUT2D eigenvalue weighted by molar-refractivity contribution is 7.92. The van der Waals surface area contributed by atoms with Crippen LogP contribution in [0, 0.1) is 0 Å². The van der Waals surface area contributed by atoms with E-state index in [1.165, 1.54) is 15.4 Å². The average Bonchev–Trinajstić information content (AvgIpc) is 2.60. The Labute approximate surface area is 144 Å². The zero-order valence-electron chi connectivity index (χ0n) is 14.3. The molecule has 0 aliphatic carbocycles. The van der Waals surface area contributed by atoms with Gasteiger partial charge in [-0.05, 0) is 42.2 Å². The third-order valence-electron chi connectivity index (χ3n) is 4.57. The summed E-state index contributed by atoms with van der Waals surface area (Å²) in [4.78, 5) is 2.31. The van der Waals surface area contributed by atoms with Gasteiger partial charge in [0.1, 0.15) is 0 Å². The van der Waals surface area contributed by atoms with Crippen molar-refractivity contribution in [1.82, 2.24) is 0 Å². The number of benzene rings is 2. The molecule has 0 aromatic heterocycles. The second-order valence-electron chi connectivity index (χ2n) is 6.24. The molecule has 3 rings (SSSR count). The maximum atomic E-state index is 12.3. The molecule has 0 radical (unpaired) electrons. The summed E-state index contributed by atoms with van der Waals surface area (Å²) in [6, 6.07) is 16.3. The van der Waals surface area contributed by atoms with Crippen LogP contribution in [-0.2, 0) is 23.0 Å². The first kappa shape index (κ1) is 16.8. The predicted octanol–water partition coefficient (Wildman–Crippen LogP) is 3.43. The molecule has 1 aliphatic heterocycles. The Balaban J connectivity index is 1.84. The van der Waals surface area contributed by atoms with Gasteiger partial charge in [-0.25, -0.2) is 8.42 Å². The molecule has 4 nitrogen and oxygen atoms in total. The molecule has 0 saturated carbocycles. The van der Waals surface area contributed by atoms with E-state index in [9.17, 15) is 8.42 Å². The summed E-state index contributed by atoms with van der Waals surface area (Å²) in [5.41, 5.74) is 4.55. The van der Waals surface area contributed by atoms with E-state index in [1.54, 1.807) is 7.05 Å². The molecule has 0 amide bonds. The van der Waals surface area contributed by atoms with E-state index in [0.29, 0.717) is 6.42 Å². The lowest BCUT2D eigenvalue weighted by molar-refractivity contribution is 0.593. The summed E-state index contributed by atoms with van der Waals surface area (Å²) in [5.74, 6) is 0.171. The maximum Gasteiger partial charge on any atom is 0.234 e. The Kier molecular flexibility index (Phi) is 4.81. The first-order chi connectivity index (χ1) is 11.5. The summed E-state index contributed by atoms with van der Waals surface area (Å²) in [6.07, 6.45) is 1.64. The van der Waals surface area contributed by atoms with Crippen molar-refractivity contribution in [1.29, 1.82) is 0 Å². The second-order valence-corrected chi connectivity index (χ2v) is 8.36. The van der Waals surface area contributed by atoms with Crippen LogP contribution in [0.15, 0.2) is 48.5 Å². The minimum atomic E-state index is -3.24. The van der Waals surface area contributed by atoms with Crippen LogP contribution in [0.4, 0.5) is 11.4 Å². The fraction of sp³-hybridized carbons (Fsp3) is 0.368. The quantitative estimate of drug-likeness (QED) is 0.834. The van der Waals surface area contributed by atoms with Crippen LogP contribution in [0.25, 0.3) is 0 Å². The Hall–Kier alpha value is -2.01. The zero-order valence-corrected chi connectivity index (χ0v) is 15.1. The monoisotopic (exact) mass is 344 g/mol. The lowest BCUT2D eigenvalue weighted by Crippen LogP contribution is -2.31. The zero-order chi connectivity index (χ0) is 17.2. The van der Waals surface area contributed by atoms with Crippen molar-refractivity contribution in [2.45, 2.75) is 26.3 Å². The Morgan fingerprint density at radius 1 is 1.08 bits per heavy atom. The molecule has 0 fully saturated rings. The van der Waals surface area contributed by atoms with Crippen molar-refractivity contribution in [3.63, 3.8) is 0 Å². The Bertz CT molecular complexity index is 818. The number of hydrogen-bond donors (Lipinski definition) is 0. The SMILES string of the molecule is CCCS(=O)(=O)N(C)c1cccc(N2CCc3ccccc3C2)c1. The van der Waals surface area contributed by atoms with Gasteiger partial charge in [0.15, 0.2) is 0 Å². The van der Waals surface area contributed by atoms with E-state index in [2.05, 4.69) is 35.2 Å². The third-order valence-corrected chi connectivity index (χ3v) is 6.54.